The Bertz CT molecular complexity index is 442. The molecule has 0 amide bonds. The van der Waals surface area contributed by atoms with Gasteiger partial charge in [0.25, 0.3) is 0 Å². The maximum Gasteiger partial charge on any atom is 0.0829 e. The van der Waals surface area contributed by atoms with Crippen molar-refractivity contribution in [3.8, 4) is 5.69 Å². The maximum absolute atomic E-state index is 5.72. The van der Waals surface area contributed by atoms with E-state index in [0.717, 1.165) is 17.1 Å². The smallest absolute Gasteiger partial charge is 0.0829 e. The second kappa shape index (κ2) is 3.82. The first-order chi connectivity index (χ1) is 7.16. The highest BCUT2D eigenvalue weighted by atomic mass is 15.3. The van der Waals surface area contributed by atoms with Crippen LogP contribution in [-0.4, -0.2) is 14.8 Å². The third-order valence-corrected chi connectivity index (χ3v) is 2.22. The minimum absolute atomic E-state index is 0.0293. The van der Waals surface area contributed by atoms with Gasteiger partial charge in [-0.05, 0) is 32.0 Å². The molecule has 0 aliphatic rings. The molecule has 1 atom stereocenters. The van der Waals surface area contributed by atoms with Gasteiger partial charge < -0.3 is 5.73 Å². The third-order valence-electron chi connectivity index (χ3n) is 2.22. The summed E-state index contributed by atoms with van der Waals surface area (Å²) in [6.07, 6.45) is 3.70. The number of pyridine rings is 1. The van der Waals surface area contributed by atoms with Gasteiger partial charge in [-0.1, -0.05) is 0 Å². The molecule has 0 saturated carbocycles. The van der Waals surface area contributed by atoms with E-state index in [1.54, 1.807) is 10.9 Å². The summed E-state index contributed by atoms with van der Waals surface area (Å²) in [5, 5.41) is 4.30. The topological polar surface area (TPSA) is 56.7 Å². The molecule has 0 spiro atoms. The minimum Gasteiger partial charge on any atom is -0.323 e. The van der Waals surface area contributed by atoms with Crippen LogP contribution in [0, 0.1) is 6.92 Å². The first kappa shape index (κ1) is 9.86. The molecule has 0 aliphatic heterocycles. The summed E-state index contributed by atoms with van der Waals surface area (Å²) >= 11 is 0. The monoisotopic (exact) mass is 202 g/mol. The highest BCUT2D eigenvalue weighted by molar-refractivity contribution is 5.29. The predicted molar refractivity (Wildman–Crippen MR) is 58.7 cm³/mol. The van der Waals surface area contributed by atoms with Crippen LogP contribution in [0.25, 0.3) is 5.69 Å². The second-order valence-electron chi connectivity index (χ2n) is 3.63. The van der Waals surface area contributed by atoms with Crippen molar-refractivity contribution in [2.45, 2.75) is 19.9 Å². The average molecular weight is 202 g/mol. The van der Waals surface area contributed by atoms with Gasteiger partial charge in [0.2, 0.25) is 0 Å². The van der Waals surface area contributed by atoms with Gasteiger partial charge in [-0.25, -0.2) is 4.68 Å². The van der Waals surface area contributed by atoms with E-state index in [4.69, 9.17) is 5.73 Å². The molecule has 0 aliphatic carbocycles. The van der Waals surface area contributed by atoms with E-state index >= 15 is 0 Å². The molecular weight excluding hydrogens is 188 g/mol. The summed E-state index contributed by atoms with van der Waals surface area (Å²) in [4.78, 5) is 4.28. The van der Waals surface area contributed by atoms with E-state index in [9.17, 15) is 0 Å². The Labute approximate surface area is 88.8 Å². The molecule has 0 aromatic carbocycles. The molecule has 2 aromatic rings. The van der Waals surface area contributed by atoms with Crippen LogP contribution < -0.4 is 5.73 Å². The third kappa shape index (κ3) is 2.05. The Morgan fingerprint density at radius 1 is 1.33 bits per heavy atom. The lowest BCUT2D eigenvalue weighted by molar-refractivity contribution is 0.774. The molecule has 0 saturated heterocycles. The number of nitrogens with zero attached hydrogens (tertiary/aromatic N) is 3. The Morgan fingerprint density at radius 3 is 2.60 bits per heavy atom. The number of rotatable bonds is 2. The molecule has 2 rings (SSSR count). The molecule has 0 bridgehead atoms. The predicted octanol–water partition coefficient (Wildman–Crippen LogP) is 1.60. The summed E-state index contributed by atoms with van der Waals surface area (Å²) in [7, 11) is 0. The van der Waals surface area contributed by atoms with Crippen LogP contribution in [0.5, 0.6) is 0 Å². The molecule has 78 valence electrons. The highest BCUT2D eigenvalue weighted by Crippen LogP contribution is 2.10. The van der Waals surface area contributed by atoms with Gasteiger partial charge >= 0.3 is 0 Å². The summed E-state index contributed by atoms with van der Waals surface area (Å²) in [6, 6.07) is 5.83. The second-order valence-corrected chi connectivity index (χ2v) is 3.63. The first-order valence-corrected chi connectivity index (χ1v) is 4.91. The number of hydrogen-bond acceptors (Lipinski definition) is 3. The van der Waals surface area contributed by atoms with E-state index in [0.29, 0.717) is 0 Å². The first-order valence-electron chi connectivity index (χ1n) is 4.91. The van der Waals surface area contributed by atoms with Crippen LogP contribution in [0.4, 0.5) is 0 Å². The quantitative estimate of drug-likeness (QED) is 0.804. The molecule has 2 N–H and O–H groups in total. The molecule has 0 fully saturated rings. The van der Waals surface area contributed by atoms with Crippen LogP contribution in [-0.2, 0) is 0 Å². The lowest BCUT2D eigenvalue weighted by Crippen LogP contribution is -2.07. The SMILES string of the molecule is Cc1ccn(-c2ccc(C(C)N)nc2)n1. The van der Waals surface area contributed by atoms with Crippen LogP contribution in [0.3, 0.4) is 0 Å². The van der Waals surface area contributed by atoms with E-state index in [-0.39, 0.29) is 6.04 Å². The molecule has 2 aromatic heterocycles. The standard InChI is InChI=1S/C11H14N4/c1-8-5-6-15(14-8)10-3-4-11(9(2)12)13-7-10/h3-7,9H,12H2,1-2H3. The summed E-state index contributed by atoms with van der Waals surface area (Å²) in [6.45, 7) is 3.88. The normalized spacial score (nSPS) is 12.7. The zero-order valence-electron chi connectivity index (χ0n) is 8.88. The molecule has 1 unspecified atom stereocenters. The summed E-state index contributed by atoms with van der Waals surface area (Å²) < 4.78 is 1.80. The fourth-order valence-electron chi connectivity index (χ4n) is 1.36. The molecule has 0 radical (unpaired) electrons. The zero-order chi connectivity index (χ0) is 10.8. The van der Waals surface area contributed by atoms with Gasteiger partial charge in [0.05, 0.1) is 23.3 Å². The van der Waals surface area contributed by atoms with Gasteiger partial charge in [0, 0.05) is 12.2 Å². The number of aryl methyl sites for hydroxylation is 1. The van der Waals surface area contributed by atoms with Crippen molar-refractivity contribution in [2.24, 2.45) is 5.73 Å². The number of hydrogen-bond donors (Lipinski definition) is 1. The fraction of sp³-hybridized carbons (Fsp3) is 0.273. The van der Waals surface area contributed by atoms with Crippen molar-refractivity contribution >= 4 is 0 Å². The molecular formula is C11H14N4. The Hall–Kier alpha value is -1.68. The van der Waals surface area contributed by atoms with Gasteiger partial charge in [-0.3, -0.25) is 4.98 Å². The van der Waals surface area contributed by atoms with E-state index in [1.165, 1.54) is 0 Å². The Kier molecular flexibility index (Phi) is 2.51. The number of nitrogens with two attached hydrogens (primary N) is 1. The van der Waals surface area contributed by atoms with E-state index in [2.05, 4.69) is 10.1 Å². The molecule has 4 nitrogen and oxygen atoms in total. The van der Waals surface area contributed by atoms with Gasteiger partial charge in [-0.15, -0.1) is 0 Å². The molecule has 15 heavy (non-hydrogen) atoms. The average Bonchev–Trinajstić information content (AvgIpc) is 2.65. The fourth-order valence-corrected chi connectivity index (χ4v) is 1.36. The van der Waals surface area contributed by atoms with Crippen molar-refractivity contribution in [1.82, 2.24) is 14.8 Å². The lowest BCUT2D eigenvalue weighted by Gasteiger charge is -2.05. The van der Waals surface area contributed by atoms with Crippen molar-refractivity contribution in [3.05, 3.63) is 42.0 Å². The number of aromatic nitrogens is 3. The van der Waals surface area contributed by atoms with E-state index < -0.39 is 0 Å². The largest absolute Gasteiger partial charge is 0.323 e. The van der Waals surface area contributed by atoms with Crippen LogP contribution >= 0.6 is 0 Å². The Morgan fingerprint density at radius 2 is 2.13 bits per heavy atom. The Balaban J connectivity index is 2.31. The minimum atomic E-state index is -0.0293. The van der Waals surface area contributed by atoms with Gasteiger partial charge in [0.15, 0.2) is 0 Å². The maximum atomic E-state index is 5.72. The van der Waals surface area contributed by atoms with Crippen molar-refractivity contribution in [3.63, 3.8) is 0 Å². The highest BCUT2D eigenvalue weighted by Gasteiger charge is 2.02. The lowest BCUT2D eigenvalue weighted by atomic mass is 10.2. The van der Waals surface area contributed by atoms with Crippen molar-refractivity contribution < 1.29 is 0 Å². The molecule has 2 heterocycles. The van der Waals surface area contributed by atoms with Crippen molar-refractivity contribution in [1.29, 1.82) is 0 Å². The molecule has 4 heteroatoms. The summed E-state index contributed by atoms with van der Waals surface area (Å²) in [5.74, 6) is 0. The van der Waals surface area contributed by atoms with E-state index in [1.807, 2.05) is 38.2 Å². The van der Waals surface area contributed by atoms with Crippen LogP contribution in [0.2, 0.25) is 0 Å². The van der Waals surface area contributed by atoms with Gasteiger partial charge in [0.1, 0.15) is 0 Å². The van der Waals surface area contributed by atoms with Crippen LogP contribution in [0.15, 0.2) is 30.6 Å². The van der Waals surface area contributed by atoms with Gasteiger partial charge in [-0.2, -0.15) is 5.10 Å². The zero-order valence-corrected chi connectivity index (χ0v) is 8.88. The van der Waals surface area contributed by atoms with Crippen molar-refractivity contribution in [2.75, 3.05) is 0 Å². The van der Waals surface area contributed by atoms with Crippen LogP contribution in [0.1, 0.15) is 24.4 Å². The summed E-state index contributed by atoms with van der Waals surface area (Å²) in [5.41, 5.74) is 8.56.